The number of amides is 1. The Hall–Kier alpha value is -1.62. The molecule has 0 aliphatic carbocycles. The molecule has 1 aromatic rings. The van der Waals surface area contributed by atoms with Gasteiger partial charge in [0.2, 0.25) is 5.91 Å². The Labute approximate surface area is 121 Å². The van der Waals surface area contributed by atoms with Gasteiger partial charge in [-0.25, -0.2) is 4.39 Å². The van der Waals surface area contributed by atoms with Crippen molar-refractivity contribution in [1.82, 2.24) is 4.90 Å². The molecule has 0 spiro atoms. The summed E-state index contributed by atoms with van der Waals surface area (Å²) in [5.41, 5.74) is 0.195. The van der Waals surface area contributed by atoms with Gasteiger partial charge in [0.05, 0.1) is 19.4 Å². The Balaban J connectivity index is 2.02. The van der Waals surface area contributed by atoms with Crippen LogP contribution in [0.2, 0.25) is 5.02 Å². The first-order chi connectivity index (χ1) is 9.52. The lowest BCUT2D eigenvalue weighted by Crippen LogP contribution is -2.31. The van der Waals surface area contributed by atoms with E-state index in [1.165, 1.54) is 19.2 Å². The van der Waals surface area contributed by atoms with Crippen LogP contribution in [-0.2, 0) is 20.7 Å². The van der Waals surface area contributed by atoms with Crippen LogP contribution in [0.15, 0.2) is 18.2 Å². The second kappa shape index (κ2) is 6.22. The number of halogens is 2. The summed E-state index contributed by atoms with van der Waals surface area (Å²) in [6, 6.07) is 4.32. The molecule has 1 fully saturated rings. The minimum Gasteiger partial charge on any atom is -0.469 e. The van der Waals surface area contributed by atoms with Crippen molar-refractivity contribution in [2.24, 2.45) is 5.92 Å². The standard InChI is InChI=1S/C14H15ClFNO3/c1-20-14(19)9-5-6-17(8-9)13(18)7-10-11(15)3-2-4-12(10)16/h2-4,9H,5-8H2,1H3. The number of esters is 1. The summed E-state index contributed by atoms with van der Waals surface area (Å²) in [6.45, 7) is 0.794. The van der Waals surface area contributed by atoms with Gasteiger partial charge in [0.15, 0.2) is 0 Å². The van der Waals surface area contributed by atoms with Crippen LogP contribution in [0.1, 0.15) is 12.0 Å². The second-order valence-corrected chi connectivity index (χ2v) is 5.13. The Morgan fingerprint density at radius 1 is 1.50 bits per heavy atom. The fraction of sp³-hybridized carbons (Fsp3) is 0.429. The van der Waals surface area contributed by atoms with Gasteiger partial charge in [-0.1, -0.05) is 17.7 Å². The normalized spacial score (nSPS) is 18.1. The van der Waals surface area contributed by atoms with E-state index in [9.17, 15) is 14.0 Å². The number of hydrogen-bond acceptors (Lipinski definition) is 3. The zero-order valence-electron chi connectivity index (χ0n) is 11.1. The van der Waals surface area contributed by atoms with Gasteiger partial charge >= 0.3 is 5.97 Å². The summed E-state index contributed by atoms with van der Waals surface area (Å²) in [6.07, 6.45) is 0.475. The third kappa shape index (κ3) is 3.10. The molecule has 1 aliphatic rings. The molecule has 0 N–H and O–H groups in total. The molecule has 1 amide bonds. The van der Waals surface area contributed by atoms with Gasteiger partial charge in [0, 0.05) is 23.7 Å². The van der Waals surface area contributed by atoms with Crippen molar-refractivity contribution in [2.75, 3.05) is 20.2 Å². The van der Waals surface area contributed by atoms with Crippen LogP contribution in [0.4, 0.5) is 4.39 Å². The average Bonchev–Trinajstić information content (AvgIpc) is 2.92. The van der Waals surface area contributed by atoms with E-state index in [0.717, 1.165) is 0 Å². The van der Waals surface area contributed by atoms with Crippen molar-refractivity contribution in [2.45, 2.75) is 12.8 Å². The summed E-state index contributed by atoms with van der Waals surface area (Å²) in [7, 11) is 1.33. The van der Waals surface area contributed by atoms with Gasteiger partial charge in [-0.3, -0.25) is 9.59 Å². The summed E-state index contributed by atoms with van der Waals surface area (Å²) >= 11 is 5.90. The van der Waals surface area contributed by atoms with Crippen molar-refractivity contribution in [3.8, 4) is 0 Å². The van der Waals surface area contributed by atoms with Crippen LogP contribution < -0.4 is 0 Å². The molecule has 1 aliphatic heterocycles. The highest BCUT2D eigenvalue weighted by Crippen LogP contribution is 2.23. The monoisotopic (exact) mass is 299 g/mol. The third-order valence-electron chi connectivity index (χ3n) is 3.47. The molecule has 1 saturated heterocycles. The summed E-state index contributed by atoms with van der Waals surface area (Å²) < 4.78 is 18.3. The van der Waals surface area contributed by atoms with E-state index >= 15 is 0 Å². The fourth-order valence-corrected chi connectivity index (χ4v) is 2.54. The lowest BCUT2D eigenvalue weighted by molar-refractivity contribution is -0.145. The summed E-state index contributed by atoms with van der Waals surface area (Å²) in [4.78, 5) is 25.1. The maximum Gasteiger partial charge on any atom is 0.310 e. The maximum atomic E-state index is 13.6. The lowest BCUT2D eigenvalue weighted by Gasteiger charge is -2.16. The minimum atomic E-state index is -0.491. The first-order valence-electron chi connectivity index (χ1n) is 6.31. The highest BCUT2D eigenvalue weighted by Gasteiger charge is 2.32. The Morgan fingerprint density at radius 2 is 2.25 bits per heavy atom. The molecule has 1 atom stereocenters. The number of rotatable bonds is 3. The fourth-order valence-electron chi connectivity index (χ4n) is 2.31. The number of benzene rings is 1. The Morgan fingerprint density at radius 3 is 2.90 bits per heavy atom. The smallest absolute Gasteiger partial charge is 0.310 e. The van der Waals surface area contributed by atoms with E-state index in [4.69, 9.17) is 11.6 Å². The molecule has 4 nitrogen and oxygen atoms in total. The third-order valence-corrected chi connectivity index (χ3v) is 3.82. The van der Waals surface area contributed by atoms with E-state index < -0.39 is 5.82 Å². The Bertz CT molecular complexity index is 515. The summed E-state index contributed by atoms with van der Waals surface area (Å²) in [5.74, 6) is -1.33. The molecule has 1 aromatic carbocycles. The van der Waals surface area contributed by atoms with E-state index in [1.54, 1.807) is 11.0 Å². The molecule has 20 heavy (non-hydrogen) atoms. The molecule has 0 bridgehead atoms. The first kappa shape index (κ1) is 14.8. The van der Waals surface area contributed by atoms with Gasteiger partial charge in [-0.15, -0.1) is 0 Å². The quantitative estimate of drug-likeness (QED) is 0.803. The first-order valence-corrected chi connectivity index (χ1v) is 6.69. The molecule has 2 rings (SSSR count). The van der Waals surface area contributed by atoms with Crippen molar-refractivity contribution < 1.29 is 18.7 Å². The second-order valence-electron chi connectivity index (χ2n) is 4.73. The lowest BCUT2D eigenvalue weighted by atomic mass is 10.1. The highest BCUT2D eigenvalue weighted by molar-refractivity contribution is 6.31. The molecule has 6 heteroatoms. The van der Waals surface area contributed by atoms with Crippen LogP contribution in [0.3, 0.4) is 0 Å². The number of carbonyl (C=O) groups excluding carboxylic acids is 2. The predicted molar refractivity (Wildman–Crippen MR) is 71.8 cm³/mol. The minimum absolute atomic E-state index is 0.0978. The van der Waals surface area contributed by atoms with Crippen LogP contribution in [0.25, 0.3) is 0 Å². The van der Waals surface area contributed by atoms with Crippen LogP contribution in [0.5, 0.6) is 0 Å². The average molecular weight is 300 g/mol. The van der Waals surface area contributed by atoms with Crippen LogP contribution in [-0.4, -0.2) is 37.0 Å². The van der Waals surface area contributed by atoms with Gasteiger partial charge in [-0.05, 0) is 18.6 Å². The molecular formula is C14H15ClFNO3. The van der Waals surface area contributed by atoms with Gasteiger partial charge in [0.1, 0.15) is 5.82 Å². The number of carbonyl (C=O) groups is 2. The predicted octanol–water partition coefficient (Wildman–Crippen LogP) is 2.04. The Kier molecular flexibility index (Phi) is 4.60. The highest BCUT2D eigenvalue weighted by atomic mass is 35.5. The van der Waals surface area contributed by atoms with Crippen molar-refractivity contribution in [3.63, 3.8) is 0 Å². The van der Waals surface area contributed by atoms with Gasteiger partial charge < -0.3 is 9.64 Å². The maximum absolute atomic E-state index is 13.6. The molecule has 1 heterocycles. The van der Waals surface area contributed by atoms with Crippen molar-refractivity contribution in [3.05, 3.63) is 34.6 Å². The summed E-state index contributed by atoms with van der Waals surface area (Å²) in [5, 5.41) is 0.238. The molecule has 0 aromatic heterocycles. The zero-order valence-corrected chi connectivity index (χ0v) is 11.8. The van der Waals surface area contributed by atoms with E-state index in [-0.39, 0.29) is 34.8 Å². The van der Waals surface area contributed by atoms with Crippen molar-refractivity contribution >= 4 is 23.5 Å². The number of likely N-dealkylation sites (tertiary alicyclic amines) is 1. The van der Waals surface area contributed by atoms with Gasteiger partial charge in [0.25, 0.3) is 0 Å². The van der Waals surface area contributed by atoms with Crippen molar-refractivity contribution in [1.29, 1.82) is 0 Å². The number of methoxy groups -OCH3 is 1. The largest absolute Gasteiger partial charge is 0.469 e. The van der Waals surface area contributed by atoms with E-state index in [1.807, 2.05) is 0 Å². The van der Waals surface area contributed by atoms with Crippen LogP contribution in [0, 0.1) is 11.7 Å². The number of hydrogen-bond donors (Lipinski definition) is 0. The van der Waals surface area contributed by atoms with E-state index in [2.05, 4.69) is 4.74 Å². The molecular weight excluding hydrogens is 285 g/mol. The molecule has 0 radical (unpaired) electrons. The van der Waals surface area contributed by atoms with Gasteiger partial charge in [-0.2, -0.15) is 0 Å². The number of nitrogens with zero attached hydrogens (tertiary/aromatic N) is 1. The molecule has 0 saturated carbocycles. The van der Waals surface area contributed by atoms with E-state index in [0.29, 0.717) is 19.5 Å². The SMILES string of the molecule is COC(=O)C1CCN(C(=O)Cc2c(F)cccc2Cl)C1. The van der Waals surface area contributed by atoms with Crippen LogP contribution >= 0.6 is 11.6 Å². The topological polar surface area (TPSA) is 46.6 Å². The molecule has 108 valence electrons. The zero-order chi connectivity index (χ0) is 14.7. The number of ether oxygens (including phenoxy) is 1. The molecule has 1 unspecified atom stereocenters.